The van der Waals surface area contributed by atoms with Gasteiger partial charge >= 0.3 is 0 Å². The lowest BCUT2D eigenvalue weighted by Gasteiger charge is -2.38. The quantitative estimate of drug-likeness (QED) is 0.300. The zero-order valence-corrected chi connectivity index (χ0v) is 15.9. The van der Waals surface area contributed by atoms with Gasteiger partial charge in [0.2, 0.25) is 0 Å². The van der Waals surface area contributed by atoms with Gasteiger partial charge < -0.3 is 4.90 Å². The first-order valence-corrected chi connectivity index (χ1v) is 10.5. The van der Waals surface area contributed by atoms with E-state index >= 15 is 0 Å². The molecule has 4 heteroatoms. The van der Waals surface area contributed by atoms with Gasteiger partial charge in [0.1, 0.15) is 0 Å². The Morgan fingerprint density at radius 2 is 1.37 bits per heavy atom. The molecule has 2 aliphatic heterocycles. The highest BCUT2D eigenvalue weighted by atomic mass is 32.2. The Hall–Kier alpha value is -2.69. The molecule has 1 aromatic heterocycles. The van der Waals surface area contributed by atoms with E-state index in [0.29, 0.717) is 0 Å². The summed E-state index contributed by atoms with van der Waals surface area (Å²) in [6.45, 7) is 0. The maximum atomic E-state index is 4.60. The SMILES string of the molecule is c1ccc(-c2cccc3c2Sc2cccc4c2N3c2ccccc2S4)nc1. The van der Waals surface area contributed by atoms with E-state index in [1.165, 1.54) is 42.2 Å². The average molecular weight is 383 g/mol. The molecule has 128 valence electrons. The minimum atomic E-state index is 1.01. The van der Waals surface area contributed by atoms with Gasteiger partial charge in [-0.1, -0.05) is 59.9 Å². The zero-order valence-electron chi connectivity index (χ0n) is 14.3. The van der Waals surface area contributed by atoms with Crippen molar-refractivity contribution in [1.82, 2.24) is 4.98 Å². The predicted molar refractivity (Wildman–Crippen MR) is 113 cm³/mol. The highest BCUT2D eigenvalue weighted by molar-refractivity contribution is 8.00. The smallest absolute Gasteiger partial charge is 0.0741 e. The predicted octanol–water partition coefficient (Wildman–Crippen LogP) is 7.15. The molecule has 0 fully saturated rings. The molecule has 0 saturated carbocycles. The van der Waals surface area contributed by atoms with Gasteiger partial charge in [-0.15, -0.1) is 0 Å². The van der Waals surface area contributed by atoms with Crippen LogP contribution >= 0.6 is 23.5 Å². The number of anilines is 3. The molecule has 27 heavy (non-hydrogen) atoms. The molecular weight excluding hydrogens is 368 g/mol. The lowest BCUT2D eigenvalue weighted by molar-refractivity contribution is 1.08. The third-order valence-electron chi connectivity index (χ3n) is 4.90. The maximum absolute atomic E-state index is 4.60. The lowest BCUT2D eigenvalue weighted by atomic mass is 10.1. The van der Waals surface area contributed by atoms with E-state index in [1.807, 2.05) is 41.9 Å². The Morgan fingerprint density at radius 3 is 2.26 bits per heavy atom. The second-order valence-corrected chi connectivity index (χ2v) is 8.61. The van der Waals surface area contributed by atoms with Crippen LogP contribution in [0.2, 0.25) is 0 Å². The van der Waals surface area contributed by atoms with Crippen LogP contribution in [0.1, 0.15) is 0 Å². The van der Waals surface area contributed by atoms with E-state index in [-0.39, 0.29) is 0 Å². The van der Waals surface area contributed by atoms with Crippen LogP contribution in [0.5, 0.6) is 0 Å². The van der Waals surface area contributed by atoms with Crippen LogP contribution in [0.25, 0.3) is 11.3 Å². The van der Waals surface area contributed by atoms with E-state index in [9.17, 15) is 0 Å². The first-order chi connectivity index (χ1) is 13.4. The summed E-state index contributed by atoms with van der Waals surface area (Å²) < 4.78 is 0. The highest BCUT2D eigenvalue weighted by Gasteiger charge is 2.33. The molecule has 3 heterocycles. The standard InChI is InChI=1S/C23H14N2S2/c1-2-11-19-17(9-1)25-18-10-5-7-15(16-8-3-4-14-24-16)23(18)27-21-13-6-12-20(26-19)22(21)25/h1-14H. The van der Waals surface area contributed by atoms with Gasteiger partial charge in [-0.3, -0.25) is 4.98 Å². The fourth-order valence-electron chi connectivity index (χ4n) is 3.75. The molecule has 2 nitrogen and oxygen atoms in total. The molecule has 0 aliphatic carbocycles. The van der Waals surface area contributed by atoms with Gasteiger partial charge in [0.15, 0.2) is 0 Å². The van der Waals surface area contributed by atoms with Crippen molar-refractivity contribution in [3.8, 4) is 11.3 Å². The van der Waals surface area contributed by atoms with Crippen molar-refractivity contribution < 1.29 is 0 Å². The lowest BCUT2D eigenvalue weighted by Crippen LogP contribution is -2.19. The van der Waals surface area contributed by atoms with Crippen LogP contribution in [0.15, 0.2) is 105 Å². The third-order valence-corrected chi connectivity index (χ3v) is 7.20. The molecule has 0 radical (unpaired) electrons. The van der Waals surface area contributed by atoms with Crippen molar-refractivity contribution in [2.45, 2.75) is 19.6 Å². The summed E-state index contributed by atoms with van der Waals surface area (Å²) in [6.07, 6.45) is 1.86. The van der Waals surface area contributed by atoms with Crippen molar-refractivity contribution in [3.05, 3.63) is 85.1 Å². The Bertz CT molecular complexity index is 1190. The molecule has 2 aliphatic rings. The molecular formula is C23H14N2S2. The zero-order chi connectivity index (χ0) is 17.8. The van der Waals surface area contributed by atoms with E-state index < -0.39 is 0 Å². The van der Waals surface area contributed by atoms with Crippen LogP contribution < -0.4 is 4.90 Å². The molecule has 4 aromatic rings. The minimum absolute atomic E-state index is 1.01. The fourth-order valence-corrected chi connectivity index (χ4v) is 6.11. The summed E-state index contributed by atoms with van der Waals surface area (Å²) in [5.41, 5.74) is 5.99. The minimum Gasteiger partial charge on any atom is -0.306 e. The number of aromatic nitrogens is 1. The van der Waals surface area contributed by atoms with Crippen LogP contribution in [0, 0.1) is 0 Å². The second kappa shape index (κ2) is 5.91. The van der Waals surface area contributed by atoms with Crippen LogP contribution in [-0.4, -0.2) is 4.98 Å². The van der Waals surface area contributed by atoms with Gasteiger partial charge in [0.05, 0.1) is 22.8 Å². The van der Waals surface area contributed by atoms with Gasteiger partial charge in [-0.2, -0.15) is 0 Å². The van der Waals surface area contributed by atoms with E-state index in [1.54, 1.807) is 0 Å². The Morgan fingerprint density at radius 1 is 0.630 bits per heavy atom. The summed E-state index contributed by atoms with van der Waals surface area (Å²) in [5.74, 6) is 0. The van der Waals surface area contributed by atoms with E-state index in [4.69, 9.17) is 0 Å². The molecule has 3 aromatic carbocycles. The summed E-state index contributed by atoms with van der Waals surface area (Å²) in [4.78, 5) is 12.2. The number of pyridine rings is 1. The van der Waals surface area contributed by atoms with Crippen molar-refractivity contribution in [2.75, 3.05) is 4.90 Å². The van der Waals surface area contributed by atoms with E-state index in [0.717, 1.165) is 5.69 Å². The molecule has 6 rings (SSSR count). The Labute approximate surface area is 166 Å². The summed E-state index contributed by atoms with van der Waals surface area (Å²) in [6, 6.07) is 27.9. The van der Waals surface area contributed by atoms with Gasteiger partial charge in [-0.05, 0) is 42.5 Å². The van der Waals surface area contributed by atoms with Crippen molar-refractivity contribution in [3.63, 3.8) is 0 Å². The molecule has 0 unspecified atom stereocenters. The van der Waals surface area contributed by atoms with Crippen molar-refractivity contribution >= 4 is 40.6 Å². The molecule has 0 bridgehead atoms. The molecule has 0 spiro atoms. The van der Waals surface area contributed by atoms with Gasteiger partial charge in [0, 0.05) is 31.3 Å². The summed E-state index contributed by atoms with van der Waals surface area (Å²) in [7, 11) is 0. The third kappa shape index (κ3) is 2.27. The number of fused-ring (bicyclic) bond motifs is 4. The largest absolute Gasteiger partial charge is 0.306 e. The molecule has 0 amide bonds. The molecule has 0 N–H and O–H groups in total. The van der Waals surface area contributed by atoms with Crippen LogP contribution in [-0.2, 0) is 0 Å². The van der Waals surface area contributed by atoms with Crippen LogP contribution in [0.3, 0.4) is 0 Å². The first-order valence-electron chi connectivity index (χ1n) is 8.82. The average Bonchev–Trinajstić information content (AvgIpc) is 2.74. The summed E-state index contributed by atoms with van der Waals surface area (Å²) in [5, 5.41) is 0. The van der Waals surface area contributed by atoms with Crippen molar-refractivity contribution in [2.24, 2.45) is 0 Å². The number of nitrogens with zero attached hydrogens (tertiary/aromatic N) is 2. The second-order valence-electron chi connectivity index (χ2n) is 6.48. The van der Waals surface area contributed by atoms with E-state index in [2.05, 4.69) is 76.6 Å². The Balaban J connectivity index is 1.66. The normalized spacial score (nSPS) is 13.6. The molecule has 0 saturated heterocycles. The monoisotopic (exact) mass is 382 g/mol. The fraction of sp³-hybridized carbons (Fsp3) is 0. The van der Waals surface area contributed by atoms with Crippen molar-refractivity contribution in [1.29, 1.82) is 0 Å². The van der Waals surface area contributed by atoms with Crippen LogP contribution in [0.4, 0.5) is 17.1 Å². The number of para-hydroxylation sites is 2. The van der Waals surface area contributed by atoms with Gasteiger partial charge in [0.25, 0.3) is 0 Å². The topological polar surface area (TPSA) is 16.1 Å². The number of benzene rings is 3. The first kappa shape index (κ1) is 15.4. The number of rotatable bonds is 1. The maximum Gasteiger partial charge on any atom is 0.0741 e. The molecule has 0 atom stereocenters. The Kier molecular flexibility index (Phi) is 3.37. The number of hydrogen-bond acceptors (Lipinski definition) is 4. The summed E-state index contributed by atoms with van der Waals surface area (Å²) >= 11 is 3.71. The van der Waals surface area contributed by atoms with Gasteiger partial charge in [-0.25, -0.2) is 0 Å². The number of hydrogen-bond donors (Lipinski definition) is 0. The highest BCUT2D eigenvalue weighted by Crippen LogP contribution is 2.60.